The van der Waals surface area contributed by atoms with Gasteiger partial charge >= 0.3 is 0 Å². The van der Waals surface area contributed by atoms with E-state index >= 15 is 0 Å². The molecular weight excluding hydrogens is 471 g/mol. The molecule has 0 heterocycles. The highest BCUT2D eigenvalue weighted by Crippen LogP contribution is 2.17. The number of benzene rings is 3. The molecule has 3 aromatic rings. The van der Waals surface area contributed by atoms with Crippen molar-refractivity contribution in [1.29, 1.82) is 0 Å². The molecule has 0 aromatic heterocycles. The van der Waals surface area contributed by atoms with Crippen LogP contribution in [0, 0.1) is 3.57 Å². The molecule has 0 aliphatic rings. The first-order valence-corrected chi connectivity index (χ1v) is 9.73. The molecular formula is C21H17IN2O2S. The zero-order chi connectivity index (χ0) is 19.1. The summed E-state index contributed by atoms with van der Waals surface area (Å²) in [6, 6.07) is 24.7. The molecule has 0 saturated carbocycles. The third-order valence-corrected chi connectivity index (χ3v) is 4.55. The van der Waals surface area contributed by atoms with Gasteiger partial charge in [0.1, 0.15) is 12.4 Å². The minimum Gasteiger partial charge on any atom is -0.489 e. The molecule has 6 heteroatoms. The lowest BCUT2D eigenvalue weighted by molar-refractivity contribution is 0.0977. The third kappa shape index (κ3) is 6.04. The monoisotopic (exact) mass is 488 g/mol. The number of halogens is 1. The van der Waals surface area contributed by atoms with Gasteiger partial charge in [-0.15, -0.1) is 0 Å². The predicted molar refractivity (Wildman–Crippen MR) is 120 cm³/mol. The summed E-state index contributed by atoms with van der Waals surface area (Å²) in [6.07, 6.45) is 0. The average Bonchev–Trinajstić information content (AvgIpc) is 2.68. The predicted octanol–water partition coefficient (Wildman–Crippen LogP) is 5.00. The summed E-state index contributed by atoms with van der Waals surface area (Å²) in [5.74, 6) is 0.520. The van der Waals surface area contributed by atoms with Gasteiger partial charge < -0.3 is 10.1 Å². The lowest BCUT2D eigenvalue weighted by Gasteiger charge is -2.11. The van der Waals surface area contributed by atoms with Crippen LogP contribution in [-0.4, -0.2) is 11.0 Å². The molecule has 0 atom stereocenters. The fraction of sp³-hybridized carbons (Fsp3) is 0.0476. The zero-order valence-corrected chi connectivity index (χ0v) is 17.3. The zero-order valence-electron chi connectivity index (χ0n) is 14.3. The fourth-order valence-corrected chi connectivity index (χ4v) is 3.10. The third-order valence-electron chi connectivity index (χ3n) is 3.67. The molecule has 0 unspecified atom stereocenters. The van der Waals surface area contributed by atoms with E-state index in [-0.39, 0.29) is 11.0 Å². The maximum Gasteiger partial charge on any atom is 0.257 e. The van der Waals surface area contributed by atoms with Crippen molar-refractivity contribution in [2.24, 2.45) is 0 Å². The maximum absolute atomic E-state index is 12.2. The van der Waals surface area contributed by atoms with Crippen LogP contribution in [0.4, 0.5) is 5.69 Å². The average molecular weight is 488 g/mol. The maximum atomic E-state index is 12.2. The van der Waals surface area contributed by atoms with Crippen molar-refractivity contribution in [1.82, 2.24) is 5.32 Å². The van der Waals surface area contributed by atoms with Gasteiger partial charge in [0.25, 0.3) is 5.91 Å². The Bertz CT molecular complexity index is 930. The molecule has 0 aliphatic heterocycles. The normalized spacial score (nSPS) is 10.1. The number of nitrogens with one attached hydrogen (secondary N) is 2. The van der Waals surface area contributed by atoms with E-state index in [1.54, 1.807) is 12.1 Å². The first-order chi connectivity index (χ1) is 13.1. The van der Waals surface area contributed by atoms with Gasteiger partial charge in [0.05, 0.1) is 0 Å². The van der Waals surface area contributed by atoms with Crippen LogP contribution in [0.25, 0.3) is 0 Å². The lowest BCUT2D eigenvalue weighted by atomic mass is 10.2. The second-order valence-corrected chi connectivity index (χ2v) is 7.37. The van der Waals surface area contributed by atoms with Gasteiger partial charge in [0.2, 0.25) is 0 Å². The van der Waals surface area contributed by atoms with Gasteiger partial charge in [0, 0.05) is 14.8 Å². The van der Waals surface area contributed by atoms with E-state index in [9.17, 15) is 4.79 Å². The Morgan fingerprint density at radius 1 is 0.963 bits per heavy atom. The second-order valence-electron chi connectivity index (χ2n) is 5.72. The Kier molecular flexibility index (Phi) is 6.78. The lowest BCUT2D eigenvalue weighted by Crippen LogP contribution is -2.34. The number of hydrogen-bond donors (Lipinski definition) is 2. The molecule has 0 saturated heterocycles. The first-order valence-electron chi connectivity index (χ1n) is 8.25. The van der Waals surface area contributed by atoms with Crippen molar-refractivity contribution in [2.45, 2.75) is 6.61 Å². The standard InChI is InChI=1S/C21H17IN2O2S/c22-17-8-4-7-16(13-17)20(25)24-21(27)23-18-9-11-19(12-10-18)26-14-15-5-2-1-3-6-15/h1-13H,14H2,(H2,23,24,25,27). The van der Waals surface area contributed by atoms with E-state index in [1.165, 1.54) is 0 Å². The number of thiocarbonyl (C=S) groups is 1. The Morgan fingerprint density at radius 3 is 2.41 bits per heavy atom. The van der Waals surface area contributed by atoms with Gasteiger partial charge in [0.15, 0.2) is 5.11 Å². The molecule has 0 radical (unpaired) electrons. The number of hydrogen-bond acceptors (Lipinski definition) is 3. The van der Waals surface area contributed by atoms with E-state index in [1.807, 2.05) is 66.7 Å². The van der Waals surface area contributed by atoms with E-state index in [0.717, 1.165) is 20.6 Å². The Labute approximate surface area is 177 Å². The molecule has 3 aromatic carbocycles. The molecule has 27 heavy (non-hydrogen) atoms. The highest BCUT2D eigenvalue weighted by Gasteiger charge is 2.08. The van der Waals surface area contributed by atoms with Crippen LogP contribution in [-0.2, 0) is 6.61 Å². The minimum atomic E-state index is -0.242. The number of amides is 1. The summed E-state index contributed by atoms with van der Waals surface area (Å²) in [5.41, 5.74) is 2.45. The molecule has 136 valence electrons. The first kappa shape index (κ1) is 19.3. The number of anilines is 1. The number of carbonyl (C=O) groups excluding carboxylic acids is 1. The Morgan fingerprint density at radius 2 is 1.70 bits per heavy atom. The van der Waals surface area contributed by atoms with Crippen LogP contribution < -0.4 is 15.4 Å². The van der Waals surface area contributed by atoms with Crippen molar-refractivity contribution in [2.75, 3.05) is 5.32 Å². The van der Waals surface area contributed by atoms with Gasteiger partial charge in [-0.2, -0.15) is 0 Å². The molecule has 0 aliphatic carbocycles. The highest BCUT2D eigenvalue weighted by atomic mass is 127. The number of carbonyl (C=O) groups is 1. The Balaban J connectivity index is 1.51. The summed E-state index contributed by atoms with van der Waals surface area (Å²) < 4.78 is 6.75. The topological polar surface area (TPSA) is 50.4 Å². The van der Waals surface area contributed by atoms with Crippen molar-refractivity contribution in [3.8, 4) is 5.75 Å². The second kappa shape index (κ2) is 9.48. The van der Waals surface area contributed by atoms with Crippen LogP contribution >= 0.6 is 34.8 Å². The molecule has 4 nitrogen and oxygen atoms in total. The molecule has 3 rings (SSSR count). The molecule has 0 spiro atoms. The smallest absolute Gasteiger partial charge is 0.257 e. The van der Waals surface area contributed by atoms with E-state index < -0.39 is 0 Å². The van der Waals surface area contributed by atoms with Crippen molar-refractivity contribution in [3.05, 3.63) is 93.6 Å². The summed E-state index contributed by atoms with van der Waals surface area (Å²) in [6.45, 7) is 0.512. The molecule has 1 amide bonds. The van der Waals surface area contributed by atoms with Crippen molar-refractivity contribution < 1.29 is 9.53 Å². The quantitative estimate of drug-likeness (QED) is 0.392. The number of ether oxygens (including phenoxy) is 1. The van der Waals surface area contributed by atoms with Crippen LogP contribution in [0.15, 0.2) is 78.9 Å². The van der Waals surface area contributed by atoms with Gasteiger partial charge in [-0.1, -0.05) is 36.4 Å². The van der Waals surface area contributed by atoms with Gasteiger partial charge in [-0.05, 0) is 82.8 Å². The van der Waals surface area contributed by atoms with E-state index in [2.05, 4.69) is 33.2 Å². The van der Waals surface area contributed by atoms with Crippen molar-refractivity contribution in [3.63, 3.8) is 0 Å². The summed E-state index contributed by atoms with van der Waals surface area (Å²) >= 11 is 7.38. The van der Waals surface area contributed by atoms with Crippen LogP contribution in [0.5, 0.6) is 5.75 Å². The largest absolute Gasteiger partial charge is 0.489 e. The summed E-state index contributed by atoms with van der Waals surface area (Å²) in [4.78, 5) is 12.2. The molecule has 2 N–H and O–H groups in total. The van der Waals surface area contributed by atoms with Crippen LogP contribution in [0.3, 0.4) is 0 Å². The molecule has 0 bridgehead atoms. The highest BCUT2D eigenvalue weighted by molar-refractivity contribution is 14.1. The minimum absolute atomic E-state index is 0.242. The van der Waals surface area contributed by atoms with Crippen LogP contribution in [0.2, 0.25) is 0 Å². The van der Waals surface area contributed by atoms with E-state index in [4.69, 9.17) is 17.0 Å². The van der Waals surface area contributed by atoms with Crippen LogP contribution in [0.1, 0.15) is 15.9 Å². The Hall–Kier alpha value is -2.45. The van der Waals surface area contributed by atoms with E-state index in [0.29, 0.717) is 12.2 Å². The fourth-order valence-electron chi connectivity index (χ4n) is 2.34. The van der Waals surface area contributed by atoms with Gasteiger partial charge in [-0.25, -0.2) is 0 Å². The molecule has 0 fully saturated rings. The van der Waals surface area contributed by atoms with Crippen molar-refractivity contribution >= 4 is 51.5 Å². The number of rotatable bonds is 5. The van der Waals surface area contributed by atoms with Gasteiger partial charge in [-0.3, -0.25) is 10.1 Å². The SMILES string of the molecule is O=C(NC(=S)Nc1ccc(OCc2ccccc2)cc1)c1cccc(I)c1. The summed E-state index contributed by atoms with van der Waals surface area (Å²) in [5, 5.41) is 5.93. The summed E-state index contributed by atoms with van der Waals surface area (Å²) in [7, 11) is 0.